The molecule has 1 heterocycles. The Bertz CT molecular complexity index is 973. The lowest BCUT2D eigenvalue weighted by Crippen LogP contribution is -2.26. The quantitative estimate of drug-likeness (QED) is 0.607. The number of esters is 1. The summed E-state index contributed by atoms with van der Waals surface area (Å²) in [5, 5.41) is 3.49. The number of hydrogen-bond acceptors (Lipinski definition) is 6. The Hall–Kier alpha value is -2.54. The first kappa shape index (κ1) is 23.1. The SMILES string of the molecule is CCOC(=O)c1c(NC(=O)c2ccc(OC)cc2OC)sc2c1CCC(C(C)(C)C)C2. The van der Waals surface area contributed by atoms with Crippen molar-refractivity contribution in [1.29, 1.82) is 0 Å². The summed E-state index contributed by atoms with van der Waals surface area (Å²) in [5.74, 6) is 0.810. The van der Waals surface area contributed by atoms with E-state index in [1.165, 1.54) is 18.4 Å². The van der Waals surface area contributed by atoms with Crippen LogP contribution in [0.4, 0.5) is 5.00 Å². The molecule has 1 unspecified atom stereocenters. The fourth-order valence-corrected chi connectivity index (χ4v) is 5.30. The number of hydrogen-bond donors (Lipinski definition) is 1. The first-order chi connectivity index (χ1) is 14.7. The van der Waals surface area contributed by atoms with Gasteiger partial charge in [0.1, 0.15) is 16.5 Å². The van der Waals surface area contributed by atoms with Crippen molar-refractivity contribution in [3.05, 3.63) is 39.8 Å². The molecule has 1 aromatic heterocycles. The predicted molar refractivity (Wildman–Crippen MR) is 123 cm³/mol. The molecule has 0 saturated heterocycles. The molecule has 7 heteroatoms. The summed E-state index contributed by atoms with van der Waals surface area (Å²) < 4.78 is 15.9. The lowest BCUT2D eigenvalue weighted by Gasteiger charge is -2.33. The van der Waals surface area contributed by atoms with Crippen molar-refractivity contribution < 1.29 is 23.8 Å². The van der Waals surface area contributed by atoms with Gasteiger partial charge in [0.25, 0.3) is 5.91 Å². The Morgan fingerprint density at radius 3 is 2.55 bits per heavy atom. The van der Waals surface area contributed by atoms with Gasteiger partial charge in [-0.2, -0.15) is 0 Å². The standard InChI is InChI=1S/C24H31NO5S/c1-7-30-23(27)20-17-10-8-14(24(2,3)4)12-19(17)31-22(20)25-21(26)16-11-9-15(28-5)13-18(16)29-6/h9,11,13-14H,7-8,10,12H2,1-6H3,(H,25,26). The molecule has 1 aliphatic rings. The van der Waals surface area contributed by atoms with Crippen LogP contribution in [0.25, 0.3) is 0 Å². The number of benzene rings is 1. The number of nitrogens with one attached hydrogen (secondary N) is 1. The van der Waals surface area contributed by atoms with Crippen molar-refractivity contribution in [2.75, 3.05) is 26.1 Å². The summed E-state index contributed by atoms with van der Waals surface area (Å²) in [6.45, 7) is 8.82. The van der Waals surface area contributed by atoms with Gasteiger partial charge in [-0.1, -0.05) is 20.8 Å². The molecule has 0 aliphatic heterocycles. The van der Waals surface area contributed by atoms with Gasteiger partial charge in [-0.05, 0) is 55.2 Å². The van der Waals surface area contributed by atoms with E-state index in [0.717, 1.165) is 29.7 Å². The zero-order valence-electron chi connectivity index (χ0n) is 19.1. The molecule has 1 aliphatic carbocycles. The number of rotatable bonds is 6. The van der Waals surface area contributed by atoms with Crippen molar-refractivity contribution >= 4 is 28.2 Å². The lowest BCUT2D eigenvalue weighted by atomic mass is 9.72. The van der Waals surface area contributed by atoms with Crippen molar-refractivity contribution in [2.24, 2.45) is 11.3 Å². The van der Waals surface area contributed by atoms with E-state index in [-0.39, 0.29) is 23.9 Å². The second-order valence-corrected chi connectivity index (χ2v) is 9.86. The Labute approximate surface area is 187 Å². The molecule has 3 rings (SSSR count). The normalized spacial score (nSPS) is 15.7. The average molecular weight is 446 g/mol. The molecule has 0 bridgehead atoms. The Balaban J connectivity index is 1.96. The Kier molecular flexibility index (Phi) is 6.94. The van der Waals surface area contributed by atoms with Crippen LogP contribution in [-0.2, 0) is 17.6 Å². The maximum absolute atomic E-state index is 13.1. The van der Waals surface area contributed by atoms with E-state index in [1.54, 1.807) is 32.2 Å². The molecular weight excluding hydrogens is 414 g/mol. The number of thiophene rings is 1. The predicted octanol–water partition coefficient (Wildman–Crippen LogP) is 5.35. The zero-order valence-corrected chi connectivity index (χ0v) is 19.9. The van der Waals surface area contributed by atoms with E-state index in [2.05, 4.69) is 26.1 Å². The Morgan fingerprint density at radius 1 is 1.19 bits per heavy atom. The number of ether oxygens (including phenoxy) is 3. The summed E-state index contributed by atoms with van der Waals surface area (Å²) in [7, 11) is 3.06. The van der Waals surface area contributed by atoms with E-state index in [1.807, 2.05) is 0 Å². The highest BCUT2D eigenvalue weighted by molar-refractivity contribution is 7.17. The summed E-state index contributed by atoms with van der Waals surface area (Å²) in [5.41, 5.74) is 2.07. The van der Waals surface area contributed by atoms with Crippen LogP contribution in [0.3, 0.4) is 0 Å². The van der Waals surface area contributed by atoms with Gasteiger partial charge in [-0.25, -0.2) is 4.79 Å². The summed E-state index contributed by atoms with van der Waals surface area (Å²) >= 11 is 1.48. The van der Waals surface area contributed by atoms with Crippen LogP contribution < -0.4 is 14.8 Å². The minimum absolute atomic E-state index is 0.186. The number of carbonyl (C=O) groups excluding carboxylic acids is 2. The van der Waals surface area contributed by atoms with Crippen LogP contribution in [0.1, 0.15) is 65.3 Å². The molecule has 6 nitrogen and oxygen atoms in total. The average Bonchev–Trinajstić information content (AvgIpc) is 3.09. The highest BCUT2D eigenvalue weighted by Gasteiger charge is 2.34. The highest BCUT2D eigenvalue weighted by Crippen LogP contribution is 2.44. The van der Waals surface area contributed by atoms with Crippen LogP contribution in [0.2, 0.25) is 0 Å². The van der Waals surface area contributed by atoms with Gasteiger partial charge in [0.2, 0.25) is 0 Å². The first-order valence-corrected chi connectivity index (χ1v) is 11.4. The third kappa shape index (κ3) is 4.87. The van der Waals surface area contributed by atoms with E-state index in [4.69, 9.17) is 14.2 Å². The first-order valence-electron chi connectivity index (χ1n) is 10.5. The molecule has 2 aromatic rings. The monoisotopic (exact) mass is 445 g/mol. The summed E-state index contributed by atoms with van der Waals surface area (Å²) in [6, 6.07) is 5.02. The van der Waals surface area contributed by atoms with E-state index < -0.39 is 0 Å². The fourth-order valence-electron chi connectivity index (χ4n) is 3.99. The van der Waals surface area contributed by atoms with Gasteiger partial charge in [-0.15, -0.1) is 11.3 Å². The van der Waals surface area contributed by atoms with Gasteiger partial charge < -0.3 is 19.5 Å². The van der Waals surface area contributed by atoms with Crippen molar-refractivity contribution in [3.8, 4) is 11.5 Å². The van der Waals surface area contributed by atoms with Gasteiger partial charge in [-0.3, -0.25) is 4.79 Å². The number of methoxy groups -OCH3 is 2. The van der Waals surface area contributed by atoms with Crippen molar-refractivity contribution in [1.82, 2.24) is 0 Å². The smallest absolute Gasteiger partial charge is 0.341 e. The van der Waals surface area contributed by atoms with Gasteiger partial charge in [0.15, 0.2) is 0 Å². The minimum atomic E-state index is -0.383. The maximum atomic E-state index is 13.1. The van der Waals surface area contributed by atoms with Crippen molar-refractivity contribution in [2.45, 2.75) is 47.0 Å². The number of fused-ring (bicyclic) bond motifs is 1. The van der Waals surface area contributed by atoms with Gasteiger partial charge in [0, 0.05) is 10.9 Å². The molecule has 1 N–H and O–H groups in total. The molecule has 1 aromatic carbocycles. The summed E-state index contributed by atoms with van der Waals surface area (Å²) in [6.07, 6.45) is 2.72. The topological polar surface area (TPSA) is 73.9 Å². The van der Waals surface area contributed by atoms with E-state index in [0.29, 0.717) is 33.5 Å². The largest absolute Gasteiger partial charge is 0.497 e. The number of carbonyl (C=O) groups is 2. The second kappa shape index (κ2) is 9.30. The number of amides is 1. The molecule has 0 radical (unpaired) electrons. The zero-order chi connectivity index (χ0) is 22.8. The van der Waals surface area contributed by atoms with E-state index >= 15 is 0 Å². The van der Waals surface area contributed by atoms with Crippen LogP contribution in [0, 0.1) is 11.3 Å². The van der Waals surface area contributed by atoms with Crippen LogP contribution in [-0.4, -0.2) is 32.7 Å². The van der Waals surface area contributed by atoms with Crippen LogP contribution in [0.5, 0.6) is 11.5 Å². The van der Waals surface area contributed by atoms with Gasteiger partial charge in [0.05, 0.1) is 32.0 Å². The third-order valence-corrected chi connectivity index (χ3v) is 7.02. The minimum Gasteiger partial charge on any atom is -0.497 e. The lowest BCUT2D eigenvalue weighted by molar-refractivity contribution is 0.0526. The fraction of sp³-hybridized carbons (Fsp3) is 0.500. The third-order valence-electron chi connectivity index (χ3n) is 5.85. The second-order valence-electron chi connectivity index (χ2n) is 8.75. The summed E-state index contributed by atoms with van der Waals surface area (Å²) in [4.78, 5) is 27.0. The molecule has 1 amide bonds. The van der Waals surface area contributed by atoms with Crippen molar-refractivity contribution in [3.63, 3.8) is 0 Å². The molecule has 31 heavy (non-hydrogen) atoms. The molecule has 1 atom stereocenters. The molecule has 0 spiro atoms. The number of anilines is 1. The molecular formula is C24H31NO5S. The highest BCUT2D eigenvalue weighted by atomic mass is 32.1. The molecule has 168 valence electrons. The van der Waals surface area contributed by atoms with Gasteiger partial charge >= 0.3 is 5.97 Å². The molecule has 0 fully saturated rings. The van der Waals surface area contributed by atoms with E-state index in [9.17, 15) is 9.59 Å². The maximum Gasteiger partial charge on any atom is 0.341 e. The van der Waals surface area contributed by atoms with Crippen LogP contribution >= 0.6 is 11.3 Å². The van der Waals surface area contributed by atoms with Crippen LogP contribution in [0.15, 0.2) is 18.2 Å². The Morgan fingerprint density at radius 2 is 1.94 bits per heavy atom. The molecule has 0 saturated carbocycles.